The third-order valence-corrected chi connectivity index (χ3v) is 3.00. The molecule has 19 heavy (non-hydrogen) atoms. The summed E-state index contributed by atoms with van der Waals surface area (Å²) in [6.07, 6.45) is 3.20. The number of carbonyl (C=O) groups excluding carboxylic acids is 1. The lowest BCUT2D eigenvalue weighted by Crippen LogP contribution is -2.14. The van der Waals surface area contributed by atoms with Gasteiger partial charge in [0, 0.05) is 24.1 Å². The monoisotopic (exact) mass is 255 g/mol. The molecule has 2 N–H and O–H groups in total. The van der Waals surface area contributed by atoms with Gasteiger partial charge in [-0.15, -0.1) is 0 Å². The van der Waals surface area contributed by atoms with Crippen LogP contribution in [0.15, 0.2) is 48.8 Å². The molecule has 98 valence electrons. The second-order valence-corrected chi connectivity index (χ2v) is 4.33. The molecule has 0 radical (unpaired) electrons. The van der Waals surface area contributed by atoms with E-state index in [-0.39, 0.29) is 11.9 Å². The third-order valence-electron chi connectivity index (χ3n) is 3.00. The molecule has 0 fully saturated rings. The minimum Gasteiger partial charge on any atom is -0.322 e. The Kier molecular flexibility index (Phi) is 4.26. The first-order valence-electron chi connectivity index (χ1n) is 6.19. The van der Waals surface area contributed by atoms with Crippen molar-refractivity contribution in [1.82, 2.24) is 10.3 Å². The van der Waals surface area contributed by atoms with Gasteiger partial charge in [0.1, 0.15) is 0 Å². The molecule has 1 heterocycles. The van der Waals surface area contributed by atoms with Gasteiger partial charge in [-0.1, -0.05) is 12.1 Å². The number of benzene rings is 1. The summed E-state index contributed by atoms with van der Waals surface area (Å²) in [6.45, 7) is 2.07. The molecule has 0 bridgehead atoms. The second-order valence-electron chi connectivity index (χ2n) is 4.33. The largest absolute Gasteiger partial charge is 0.322 e. The van der Waals surface area contributed by atoms with Crippen LogP contribution in [0, 0.1) is 0 Å². The third kappa shape index (κ3) is 3.39. The van der Waals surface area contributed by atoms with Crippen LogP contribution in [0.3, 0.4) is 0 Å². The summed E-state index contributed by atoms with van der Waals surface area (Å²) in [4.78, 5) is 15.9. The molecule has 0 aliphatic heterocycles. The Morgan fingerprint density at radius 3 is 2.79 bits per heavy atom. The normalized spacial score (nSPS) is 11.9. The molecule has 1 atom stereocenters. The van der Waals surface area contributed by atoms with Gasteiger partial charge in [-0.2, -0.15) is 0 Å². The van der Waals surface area contributed by atoms with Gasteiger partial charge in [0.25, 0.3) is 5.91 Å². The number of nitrogens with zero attached hydrogens (tertiary/aromatic N) is 1. The van der Waals surface area contributed by atoms with Crippen LogP contribution in [-0.2, 0) is 0 Å². The first kappa shape index (κ1) is 13.2. The van der Waals surface area contributed by atoms with Gasteiger partial charge >= 0.3 is 0 Å². The van der Waals surface area contributed by atoms with E-state index in [1.54, 1.807) is 24.5 Å². The van der Waals surface area contributed by atoms with Gasteiger partial charge in [-0.3, -0.25) is 9.78 Å². The van der Waals surface area contributed by atoms with Gasteiger partial charge in [0.15, 0.2) is 0 Å². The number of hydrogen-bond donors (Lipinski definition) is 2. The fourth-order valence-electron chi connectivity index (χ4n) is 1.75. The Labute approximate surface area is 112 Å². The van der Waals surface area contributed by atoms with Crippen LogP contribution >= 0.6 is 0 Å². The van der Waals surface area contributed by atoms with Crippen LogP contribution in [0.1, 0.15) is 28.9 Å². The van der Waals surface area contributed by atoms with Crippen LogP contribution in [0.2, 0.25) is 0 Å². The standard InChI is InChI=1S/C15H17N3O/c1-11(16-2)12-5-3-7-14(9-12)18-15(19)13-6-4-8-17-10-13/h3-11,16H,1-2H3,(H,18,19). The van der Waals surface area contributed by atoms with E-state index in [0.717, 1.165) is 11.3 Å². The average molecular weight is 255 g/mol. The Morgan fingerprint density at radius 1 is 1.26 bits per heavy atom. The lowest BCUT2D eigenvalue weighted by Gasteiger charge is -2.12. The highest BCUT2D eigenvalue weighted by molar-refractivity contribution is 6.04. The molecule has 0 aliphatic carbocycles. The summed E-state index contributed by atoms with van der Waals surface area (Å²) in [6, 6.07) is 11.5. The smallest absolute Gasteiger partial charge is 0.257 e. The predicted octanol–water partition coefficient (Wildman–Crippen LogP) is 2.61. The van der Waals surface area contributed by atoms with Gasteiger partial charge < -0.3 is 10.6 Å². The zero-order chi connectivity index (χ0) is 13.7. The van der Waals surface area contributed by atoms with Crippen molar-refractivity contribution >= 4 is 11.6 Å². The number of carbonyl (C=O) groups is 1. The van der Waals surface area contributed by atoms with Crippen molar-refractivity contribution in [2.45, 2.75) is 13.0 Å². The second kappa shape index (κ2) is 6.11. The maximum Gasteiger partial charge on any atom is 0.257 e. The summed E-state index contributed by atoms with van der Waals surface area (Å²) in [5, 5.41) is 6.04. The molecule has 2 aromatic rings. The molecular weight excluding hydrogens is 238 g/mol. The quantitative estimate of drug-likeness (QED) is 0.883. The summed E-state index contributed by atoms with van der Waals surface area (Å²) in [5.41, 5.74) is 2.47. The number of rotatable bonds is 4. The Bertz CT molecular complexity index is 554. The molecule has 0 saturated carbocycles. The topological polar surface area (TPSA) is 54.0 Å². The van der Waals surface area contributed by atoms with E-state index in [4.69, 9.17) is 0 Å². The highest BCUT2D eigenvalue weighted by atomic mass is 16.1. The highest BCUT2D eigenvalue weighted by Gasteiger charge is 2.07. The highest BCUT2D eigenvalue weighted by Crippen LogP contribution is 2.17. The molecule has 1 amide bonds. The van der Waals surface area contributed by atoms with Crippen LogP contribution in [0.25, 0.3) is 0 Å². The average Bonchev–Trinajstić information content (AvgIpc) is 2.47. The number of amides is 1. The lowest BCUT2D eigenvalue weighted by molar-refractivity contribution is 0.102. The predicted molar refractivity (Wildman–Crippen MR) is 76.1 cm³/mol. The molecule has 2 rings (SSSR count). The summed E-state index contributed by atoms with van der Waals surface area (Å²) in [7, 11) is 1.91. The van der Waals surface area contributed by atoms with E-state index in [1.807, 2.05) is 31.3 Å². The van der Waals surface area contributed by atoms with Gasteiger partial charge in [-0.25, -0.2) is 0 Å². The first-order chi connectivity index (χ1) is 9.20. The van der Waals surface area contributed by atoms with Gasteiger partial charge in [-0.05, 0) is 43.8 Å². The van der Waals surface area contributed by atoms with Crippen molar-refractivity contribution in [2.24, 2.45) is 0 Å². The zero-order valence-electron chi connectivity index (χ0n) is 11.1. The lowest BCUT2D eigenvalue weighted by atomic mass is 10.1. The van der Waals surface area contributed by atoms with Gasteiger partial charge in [0.2, 0.25) is 0 Å². The Hall–Kier alpha value is -2.20. The minimum atomic E-state index is -0.151. The fraction of sp³-hybridized carbons (Fsp3) is 0.200. The van der Waals surface area contributed by atoms with E-state index in [9.17, 15) is 4.79 Å². The number of nitrogens with one attached hydrogen (secondary N) is 2. The van der Waals surface area contributed by atoms with Gasteiger partial charge in [0.05, 0.1) is 5.56 Å². The number of aromatic nitrogens is 1. The molecular formula is C15H17N3O. The van der Waals surface area contributed by atoms with Crippen LogP contribution < -0.4 is 10.6 Å². The van der Waals surface area contributed by atoms with Crippen LogP contribution in [0.5, 0.6) is 0 Å². The van der Waals surface area contributed by atoms with Crippen molar-refractivity contribution in [3.8, 4) is 0 Å². The van der Waals surface area contributed by atoms with E-state index in [0.29, 0.717) is 5.56 Å². The Morgan fingerprint density at radius 2 is 2.11 bits per heavy atom. The zero-order valence-corrected chi connectivity index (χ0v) is 11.1. The summed E-state index contributed by atoms with van der Waals surface area (Å²) < 4.78 is 0. The minimum absolute atomic E-state index is 0.151. The number of hydrogen-bond acceptors (Lipinski definition) is 3. The van der Waals surface area contributed by atoms with Crippen molar-refractivity contribution in [3.05, 3.63) is 59.9 Å². The maximum atomic E-state index is 12.0. The molecule has 0 spiro atoms. The van der Waals surface area contributed by atoms with Crippen molar-refractivity contribution in [3.63, 3.8) is 0 Å². The van der Waals surface area contributed by atoms with E-state index >= 15 is 0 Å². The van der Waals surface area contributed by atoms with Crippen LogP contribution in [-0.4, -0.2) is 17.9 Å². The van der Waals surface area contributed by atoms with E-state index in [1.165, 1.54) is 0 Å². The summed E-state index contributed by atoms with van der Waals surface area (Å²) in [5.74, 6) is -0.151. The molecule has 1 aromatic carbocycles. The van der Waals surface area contributed by atoms with E-state index in [2.05, 4.69) is 22.5 Å². The molecule has 1 aromatic heterocycles. The Balaban J connectivity index is 2.13. The first-order valence-corrected chi connectivity index (χ1v) is 6.19. The van der Waals surface area contributed by atoms with Crippen molar-refractivity contribution in [1.29, 1.82) is 0 Å². The summed E-state index contributed by atoms with van der Waals surface area (Å²) >= 11 is 0. The molecule has 1 unspecified atom stereocenters. The number of anilines is 1. The SMILES string of the molecule is CNC(C)c1cccc(NC(=O)c2cccnc2)c1. The molecule has 4 nitrogen and oxygen atoms in total. The maximum absolute atomic E-state index is 12.0. The van der Waals surface area contributed by atoms with Crippen molar-refractivity contribution < 1.29 is 4.79 Å². The van der Waals surface area contributed by atoms with Crippen LogP contribution in [0.4, 0.5) is 5.69 Å². The number of pyridine rings is 1. The van der Waals surface area contributed by atoms with Crippen molar-refractivity contribution in [2.75, 3.05) is 12.4 Å². The fourth-order valence-corrected chi connectivity index (χ4v) is 1.75. The molecule has 0 aliphatic rings. The molecule has 0 saturated heterocycles. The molecule has 4 heteroatoms. The van der Waals surface area contributed by atoms with E-state index < -0.39 is 0 Å².